The van der Waals surface area contributed by atoms with Crippen molar-refractivity contribution in [2.45, 2.75) is 44.8 Å². The lowest BCUT2D eigenvalue weighted by molar-refractivity contribution is 0.0440. The number of aliphatic hydroxyl groups is 1. The van der Waals surface area contributed by atoms with Crippen molar-refractivity contribution in [2.75, 3.05) is 19.8 Å². The van der Waals surface area contributed by atoms with Gasteiger partial charge in [0.25, 0.3) is 0 Å². The maximum Gasteiger partial charge on any atom is 0.132 e. The van der Waals surface area contributed by atoms with Crippen LogP contribution in [0.3, 0.4) is 0 Å². The minimum Gasteiger partial charge on any atom is -0.384 e. The quantitative estimate of drug-likeness (QED) is 0.848. The average Bonchev–Trinajstić information content (AvgIpc) is 2.46. The highest BCUT2D eigenvalue weighted by atomic mass is 19.1. The van der Waals surface area contributed by atoms with Crippen molar-refractivity contribution in [3.8, 4) is 0 Å². The Morgan fingerprint density at radius 1 is 1.36 bits per heavy atom. The van der Waals surface area contributed by atoms with Crippen LogP contribution in [0.1, 0.15) is 38.7 Å². The molecule has 22 heavy (non-hydrogen) atoms. The topological polar surface area (TPSA) is 41.5 Å². The van der Waals surface area contributed by atoms with Crippen molar-refractivity contribution < 1.29 is 18.6 Å². The van der Waals surface area contributed by atoms with Crippen molar-refractivity contribution in [3.05, 3.63) is 35.4 Å². The maximum atomic E-state index is 13.8. The molecule has 5 heteroatoms. The third-order valence-electron chi connectivity index (χ3n) is 4.33. The molecule has 1 aromatic carbocycles. The molecule has 0 amide bonds. The van der Waals surface area contributed by atoms with Gasteiger partial charge in [-0.25, -0.2) is 8.78 Å². The zero-order valence-electron chi connectivity index (χ0n) is 13.2. The summed E-state index contributed by atoms with van der Waals surface area (Å²) in [5.41, 5.74) is -1.26. The van der Waals surface area contributed by atoms with Crippen LogP contribution in [-0.2, 0) is 10.3 Å². The summed E-state index contributed by atoms with van der Waals surface area (Å²) in [6, 6.07) is 3.49. The second-order valence-corrected chi connectivity index (χ2v) is 6.47. The Bertz CT molecular complexity index is 488. The molecule has 1 aromatic rings. The highest BCUT2D eigenvalue weighted by Gasteiger charge is 2.27. The van der Waals surface area contributed by atoms with Crippen LogP contribution in [-0.4, -0.2) is 30.9 Å². The molecule has 2 atom stereocenters. The fourth-order valence-electron chi connectivity index (χ4n) is 2.96. The highest BCUT2D eigenvalue weighted by Crippen LogP contribution is 2.25. The van der Waals surface area contributed by atoms with Gasteiger partial charge in [-0.1, -0.05) is 6.07 Å². The Kier molecular flexibility index (Phi) is 5.89. The fraction of sp³-hybridized carbons (Fsp3) is 0.647. The Morgan fingerprint density at radius 2 is 2.05 bits per heavy atom. The molecule has 2 N–H and O–H groups in total. The molecular formula is C17H25F2NO2. The SMILES string of the molecule is CC(CC1CCOCC1)NCC(C)(O)c1ccc(F)cc1F. The molecule has 0 aliphatic carbocycles. The van der Waals surface area contributed by atoms with E-state index in [0.717, 1.165) is 38.5 Å². The van der Waals surface area contributed by atoms with Crippen molar-refractivity contribution in [2.24, 2.45) is 5.92 Å². The van der Waals surface area contributed by atoms with Crippen LogP contribution in [0.15, 0.2) is 18.2 Å². The molecule has 3 nitrogen and oxygen atoms in total. The van der Waals surface area contributed by atoms with E-state index in [0.29, 0.717) is 5.92 Å². The number of rotatable bonds is 6. The molecular weight excluding hydrogens is 288 g/mol. The molecule has 0 aromatic heterocycles. The molecule has 124 valence electrons. The van der Waals surface area contributed by atoms with E-state index >= 15 is 0 Å². The predicted molar refractivity (Wildman–Crippen MR) is 81.6 cm³/mol. The van der Waals surface area contributed by atoms with Gasteiger partial charge in [0.2, 0.25) is 0 Å². The summed E-state index contributed by atoms with van der Waals surface area (Å²) in [5, 5.41) is 13.7. The predicted octanol–water partition coefficient (Wildman–Crippen LogP) is 2.97. The molecule has 0 saturated carbocycles. The third kappa shape index (κ3) is 4.73. The van der Waals surface area contributed by atoms with Crippen molar-refractivity contribution in [1.82, 2.24) is 5.32 Å². The van der Waals surface area contributed by atoms with Gasteiger partial charge >= 0.3 is 0 Å². The van der Waals surface area contributed by atoms with Crippen LogP contribution < -0.4 is 5.32 Å². The van der Waals surface area contributed by atoms with E-state index < -0.39 is 17.2 Å². The van der Waals surface area contributed by atoms with Gasteiger partial charge in [0.1, 0.15) is 17.2 Å². The number of ether oxygens (including phenoxy) is 1. The Labute approximate surface area is 130 Å². The van der Waals surface area contributed by atoms with Crippen LogP contribution in [0.2, 0.25) is 0 Å². The van der Waals surface area contributed by atoms with Gasteiger partial charge in [0, 0.05) is 37.4 Å². The van der Waals surface area contributed by atoms with Gasteiger partial charge in [0.15, 0.2) is 0 Å². The number of benzene rings is 1. The minimum atomic E-state index is -1.37. The molecule has 0 spiro atoms. The van der Waals surface area contributed by atoms with Crippen molar-refractivity contribution in [1.29, 1.82) is 0 Å². The zero-order chi connectivity index (χ0) is 16.2. The second kappa shape index (κ2) is 7.49. The van der Waals surface area contributed by atoms with Crippen LogP contribution in [0.25, 0.3) is 0 Å². The van der Waals surface area contributed by atoms with Crippen molar-refractivity contribution in [3.63, 3.8) is 0 Å². The first kappa shape index (κ1) is 17.3. The molecule has 0 bridgehead atoms. The summed E-state index contributed by atoms with van der Waals surface area (Å²) in [7, 11) is 0. The summed E-state index contributed by atoms with van der Waals surface area (Å²) in [5.74, 6) is -0.731. The zero-order valence-corrected chi connectivity index (χ0v) is 13.2. The van der Waals surface area contributed by atoms with Gasteiger partial charge in [-0.15, -0.1) is 0 Å². The van der Waals surface area contributed by atoms with E-state index in [2.05, 4.69) is 12.2 Å². The van der Waals surface area contributed by atoms with E-state index in [9.17, 15) is 13.9 Å². The molecule has 0 radical (unpaired) electrons. The summed E-state index contributed by atoms with van der Waals surface area (Å²) < 4.78 is 32.1. The smallest absolute Gasteiger partial charge is 0.132 e. The van der Waals surface area contributed by atoms with E-state index in [1.165, 1.54) is 19.1 Å². The second-order valence-electron chi connectivity index (χ2n) is 6.47. The summed E-state index contributed by atoms with van der Waals surface area (Å²) in [6.07, 6.45) is 3.13. The standard InChI is InChI=1S/C17H25F2NO2/c1-12(9-13-5-7-22-8-6-13)20-11-17(2,21)15-4-3-14(18)10-16(15)19/h3-4,10,12-13,20-21H,5-9,11H2,1-2H3. The van der Waals surface area contributed by atoms with E-state index in [1.54, 1.807) is 0 Å². The summed E-state index contributed by atoms with van der Waals surface area (Å²) >= 11 is 0. The molecule has 1 saturated heterocycles. The van der Waals surface area contributed by atoms with Gasteiger partial charge < -0.3 is 15.2 Å². The van der Waals surface area contributed by atoms with Gasteiger partial charge in [-0.2, -0.15) is 0 Å². The molecule has 2 rings (SSSR count). The summed E-state index contributed by atoms with van der Waals surface area (Å²) in [6.45, 7) is 5.45. The normalized spacial score (nSPS) is 20.6. The lowest BCUT2D eigenvalue weighted by Crippen LogP contribution is -2.41. The van der Waals surface area contributed by atoms with Gasteiger partial charge in [-0.3, -0.25) is 0 Å². The van der Waals surface area contributed by atoms with Crippen LogP contribution in [0.5, 0.6) is 0 Å². The Balaban J connectivity index is 1.88. The van der Waals surface area contributed by atoms with Gasteiger partial charge in [-0.05, 0) is 45.1 Å². The lowest BCUT2D eigenvalue weighted by atomic mass is 9.91. The molecule has 1 heterocycles. The average molecular weight is 313 g/mol. The summed E-state index contributed by atoms with van der Waals surface area (Å²) in [4.78, 5) is 0. The molecule has 1 aliphatic heterocycles. The highest BCUT2D eigenvalue weighted by molar-refractivity contribution is 5.24. The number of hydrogen-bond acceptors (Lipinski definition) is 3. The Morgan fingerprint density at radius 3 is 2.68 bits per heavy atom. The number of halogens is 2. The minimum absolute atomic E-state index is 0.111. The fourth-order valence-corrected chi connectivity index (χ4v) is 2.96. The largest absolute Gasteiger partial charge is 0.384 e. The molecule has 1 fully saturated rings. The van der Waals surface area contributed by atoms with Crippen LogP contribution in [0, 0.1) is 17.6 Å². The van der Waals surface area contributed by atoms with Crippen LogP contribution in [0.4, 0.5) is 8.78 Å². The third-order valence-corrected chi connectivity index (χ3v) is 4.33. The lowest BCUT2D eigenvalue weighted by Gasteiger charge is -2.29. The maximum absolute atomic E-state index is 13.8. The number of hydrogen-bond donors (Lipinski definition) is 2. The molecule has 2 unspecified atom stereocenters. The Hall–Kier alpha value is -1.04. The first-order valence-electron chi connectivity index (χ1n) is 7.87. The van der Waals surface area contributed by atoms with Crippen molar-refractivity contribution >= 4 is 0 Å². The van der Waals surface area contributed by atoms with E-state index in [-0.39, 0.29) is 18.2 Å². The van der Waals surface area contributed by atoms with Gasteiger partial charge in [0.05, 0.1) is 0 Å². The molecule has 1 aliphatic rings. The van der Waals surface area contributed by atoms with E-state index in [4.69, 9.17) is 4.74 Å². The van der Waals surface area contributed by atoms with E-state index in [1.807, 2.05) is 0 Å². The van der Waals surface area contributed by atoms with Crippen LogP contribution >= 0.6 is 0 Å². The monoisotopic (exact) mass is 313 g/mol. The first-order chi connectivity index (χ1) is 10.4. The first-order valence-corrected chi connectivity index (χ1v) is 7.87. The number of nitrogens with one attached hydrogen (secondary N) is 1.